The zero-order valence-electron chi connectivity index (χ0n) is 14.4. The maximum atomic E-state index is 13.1. The standard InChI is InChI=1S/C21H15ClFNO3/c1-26-17-9-4-15(5-10-17)21(25)27-18-7-2-14(3-8-18)13-24-16-6-11-20(23)19(22)12-16/h2-13H,1H3. The highest BCUT2D eigenvalue weighted by molar-refractivity contribution is 6.31. The zero-order valence-corrected chi connectivity index (χ0v) is 15.1. The summed E-state index contributed by atoms with van der Waals surface area (Å²) in [5.74, 6) is 0.133. The van der Waals surface area contributed by atoms with E-state index in [1.165, 1.54) is 18.2 Å². The monoisotopic (exact) mass is 383 g/mol. The van der Waals surface area contributed by atoms with E-state index in [-0.39, 0.29) is 5.02 Å². The van der Waals surface area contributed by atoms with E-state index in [4.69, 9.17) is 21.1 Å². The smallest absolute Gasteiger partial charge is 0.343 e. The van der Waals surface area contributed by atoms with Gasteiger partial charge in [-0.2, -0.15) is 0 Å². The van der Waals surface area contributed by atoms with Crippen molar-refractivity contribution in [3.63, 3.8) is 0 Å². The second-order valence-corrected chi connectivity index (χ2v) is 5.95. The molecule has 0 saturated heterocycles. The molecule has 0 aliphatic heterocycles. The molecule has 0 fully saturated rings. The Morgan fingerprint density at radius 1 is 1.00 bits per heavy atom. The van der Waals surface area contributed by atoms with Crippen molar-refractivity contribution in [2.75, 3.05) is 7.11 Å². The van der Waals surface area contributed by atoms with Crippen molar-refractivity contribution < 1.29 is 18.7 Å². The van der Waals surface area contributed by atoms with Crippen LogP contribution in [0.15, 0.2) is 71.7 Å². The minimum absolute atomic E-state index is 0.0189. The van der Waals surface area contributed by atoms with Gasteiger partial charge in [0.2, 0.25) is 0 Å². The number of methoxy groups -OCH3 is 1. The molecule has 0 aliphatic rings. The first-order valence-electron chi connectivity index (χ1n) is 8.00. The number of carbonyl (C=O) groups is 1. The molecule has 136 valence electrons. The summed E-state index contributed by atoms with van der Waals surface area (Å²) < 4.78 is 23.5. The Balaban J connectivity index is 1.64. The van der Waals surface area contributed by atoms with Gasteiger partial charge >= 0.3 is 5.97 Å². The zero-order chi connectivity index (χ0) is 19.2. The lowest BCUT2D eigenvalue weighted by Gasteiger charge is -2.05. The van der Waals surface area contributed by atoms with E-state index in [0.717, 1.165) is 5.56 Å². The van der Waals surface area contributed by atoms with Crippen molar-refractivity contribution in [1.29, 1.82) is 0 Å². The lowest BCUT2D eigenvalue weighted by atomic mass is 10.2. The predicted octanol–water partition coefficient (Wildman–Crippen LogP) is 5.46. The first-order valence-corrected chi connectivity index (χ1v) is 8.38. The van der Waals surface area contributed by atoms with Crippen LogP contribution in [-0.2, 0) is 0 Å². The summed E-state index contributed by atoms with van der Waals surface area (Å²) >= 11 is 5.73. The summed E-state index contributed by atoms with van der Waals surface area (Å²) in [5, 5.41) is 0.0189. The molecule has 3 aromatic carbocycles. The number of ether oxygens (including phenoxy) is 2. The fraction of sp³-hybridized carbons (Fsp3) is 0.0476. The molecule has 0 aliphatic carbocycles. The molecular formula is C21H15ClFNO3. The Labute approximate surface area is 160 Å². The number of halogens is 2. The van der Waals surface area contributed by atoms with E-state index >= 15 is 0 Å². The van der Waals surface area contributed by atoms with Crippen molar-refractivity contribution in [3.8, 4) is 11.5 Å². The molecule has 0 radical (unpaired) electrons. The molecule has 0 atom stereocenters. The molecule has 4 nitrogen and oxygen atoms in total. The van der Waals surface area contributed by atoms with Gasteiger partial charge in [0.25, 0.3) is 0 Å². The minimum Gasteiger partial charge on any atom is -0.497 e. The molecule has 3 rings (SSSR count). The summed E-state index contributed by atoms with van der Waals surface area (Å²) in [4.78, 5) is 16.4. The topological polar surface area (TPSA) is 47.9 Å². The summed E-state index contributed by atoms with van der Waals surface area (Å²) in [5.41, 5.74) is 1.76. The number of esters is 1. The quantitative estimate of drug-likeness (QED) is 0.334. The van der Waals surface area contributed by atoms with Crippen molar-refractivity contribution in [2.24, 2.45) is 4.99 Å². The Bertz CT molecular complexity index is 970. The molecule has 0 heterocycles. The van der Waals surface area contributed by atoms with Crippen LogP contribution < -0.4 is 9.47 Å². The number of aliphatic imine (C=N–C) groups is 1. The van der Waals surface area contributed by atoms with Gasteiger partial charge in [0, 0.05) is 6.21 Å². The van der Waals surface area contributed by atoms with Gasteiger partial charge in [-0.15, -0.1) is 0 Å². The van der Waals surface area contributed by atoms with E-state index in [0.29, 0.717) is 22.7 Å². The molecule has 0 saturated carbocycles. The number of rotatable bonds is 5. The van der Waals surface area contributed by atoms with Crippen LogP contribution in [-0.4, -0.2) is 19.3 Å². The molecule has 0 unspecified atom stereocenters. The molecule has 0 amide bonds. The molecule has 0 bridgehead atoms. The Morgan fingerprint density at radius 2 is 1.67 bits per heavy atom. The van der Waals surface area contributed by atoms with Crippen LogP contribution in [0.5, 0.6) is 11.5 Å². The van der Waals surface area contributed by atoms with Gasteiger partial charge in [-0.1, -0.05) is 11.6 Å². The third-order valence-electron chi connectivity index (χ3n) is 3.68. The van der Waals surface area contributed by atoms with Crippen LogP contribution in [0.4, 0.5) is 10.1 Å². The molecule has 0 aromatic heterocycles. The summed E-state index contributed by atoms with van der Waals surface area (Å²) in [7, 11) is 1.56. The van der Waals surface area contributed by atoms with E-state index in [2.05, 4.69) is 4.99 Å². The maximum Gasteiger partial charge on any atom is 0.343 e. The van der Waals surface area contributed by atoms with Crippen LogP contribution in [0.3, 0.4) is 0 Å². The van der Waals surface area contributed by atoms with Gasteiger partial charge in [0.1, 0.15) is 17.3 Å². The van der Waals surface area contributed by atoms with Crippen molar-refractivity contribution in [1.82, 2.24) is 0 Å². The minimum atomic E-state index is -0.487. The lowest BCUT2D eigenvalue weighted by molar-refractivity contribution is 0.0734. The van der Waals surface area contributed by atoms with Crippen LogP contribution in [0.2, 0.25) is 5.02 Å². The van der Waals surface area contributed by atoms with Gasteiger partial charge in [-0.05, 0) is 72.3 Å². The van der Waals surface area contributed by atoms with Gasteiger partial charge < -0.3 is 9.47 Å². The third-order valence-corrected chi connectivity index (χ3v) is 3.97. The molecule has 27 heavy (non-hydrogen) atoms. The first-order chi connectivity index (χ1) is 13.0. The number of carbonyl (C=O) groups excluding carboxylic acids is 1. The van der Waals surface area contributed by atoms with Gasteiger partial charge in [-0.3, -0.25) is 4.99 Å². The maximum absolute atomic E-state index is 13.1. The second kappa shape index (κ2) is 8.47. The number of hydrogen-bond donors (Lipinski definition) is 0. The first kappa shape index (κ1) is 18.6. The summed E-state index contributed by atoms with van der Waals surface area (Å²) in [6.45, 7) is 0. The summed E-state index contributed by atoms with van der Waals surface area (Å²) in [6, 6.07) is 17.7. The third kappa shape index (κ3) is 4.92. The molecular weight excluding hydrogens is 369 g/mol. The average molecular weight is 384 g/mol. The van der Waals surface area contributed by atoms with Gasteiger partial charge in [0.15, 0.2) is 0 Å². The molecule has 0 spiro atoms. The highest BCUT2D eigenvalue weighted by Crippen LogP contribution is 2.22. The SMILES string of the molecule is COc1ccc(C(=O)Oc2ccc(C=Nc3ccc(F)c(Cl)c3)cc2)cc1. The van der Waals surface area contributed by atoms with Crippen LogP contribution in [0, 0.1) is 5.82 Å². The van der Waals surface area contributed by atoms with Crippen molar-refractivity contribution >= 4 is 29.5 Å². The van der Waals surface area contributed by atoms with E-state index in [1.54, 1.807) is 61.9 Å². The number of benzene rings is 3. The van der Waals surface area contributed by atoms with E-state index in [1.807, 2.05) is 0 Å². The lowest BCUT2D eigenvalue weighted by Crippen LogP contribution is -2.08. The van der Waals surface area contributed by atoms with E-state index < -0.39 is 11.8 Å². The van der Waals surface area contributed by atoms with Crippen molar-refractivity contribution in [2.45, 2.75) is 0 Å². The van der Waals surface area contributed by atoms with Crippen molar-refractivity contribution in [3.05, 3.63) is 88.7 Å². The highest BCUT2D eigenvalue weighted by Gasteiger charge is 2.08. The number of nitrogens with zero attached hydrogens (tertiary/aromatic N) is 1. The summed E-state index contributed by atoms with van der Waals surface area (Å²) in [6.07, 6.45) is 1.61. The fourth-order valence-electron chi connectivity index (χ4n) is 2.23. The average Bonchev–Trinajstić information content (AvgIpc) is 2.70. The van der Waals surface area contributed by atoms with Crippen LogP contribution in [0.1, 0.15) is 15.9 Å². The molecule has 3 aromatic rings. The Hall–Kier alpha value is -3.18. The molecule has 0 N–H and O–H groups in total. The Morgan fingerprint density at radius 3 is 2.30 bits per heavy atom. The van der Waals surface area contributed by atoms with Gasteiger partial charge in [0.05, 0.1) is 23.4 Å². The number of hydrogen-bond acceptors (Lipinski definition) is 4. The normalized spacial score (nSPS) is 10.8. The predicted molar refractivity (Wildman–Crippen MR) is 103 cm³/mol. The van der Waals surface area contributed by atoms with E-state index in [9.17, 15) is 9.18 Å². The van der Waals surface area contributed by atoms with Crippen LogP contribution in [0.25, 0.3) is 0 Å². The van der Waals surface area contributed by atoms with Crippen LogP contribution >= 0.6 is 11.6 Å². The molecule has 6 heteroatoms. The second-order valence-electron chi connectivity index (χ2n) is 5.54. The van der Waals surface area contributed by atoms with Gasteiger partial charge in [-0.25, -0.2) is 9.18 Å². The highest BCUT2D eigenvalue weighted by atomic mass is 35.5. The largest absolute Gasteiger partial charge is 0.497 e. The fourth-order valence-corrected chi connectivity index (χ4v) is 2.40. The Kier molecular flexibility index (Phi) is 5.84.